The van der Waals surface area contributed by atoms with Gasteiger partial charge in [0.1, 0.15) is 5.52 Å². The maximum absolute atomic E-state index is 12.9. The van der Waals surface area contributed by atoms with Gasteiger partial charge in [0.2, 0.25) is 11.2 Å². The summed E-state index contributed by atoms with van der Waals surface area (Å²) in [5.41, 5.74) is 10.5. The zero-order valence-corrected chi connectivity index (χ0v) is 18.8. The number of carbonyl (C=O) groups is 1. The Morgan fingerprint density at radius 1 is 1.16 bits per heavy atom. The van der Waals surface area contributed by atoms with Crippen LogP contribution < -0.4 is 11.1 Å². The predicted molar refractivity (Wildman–Crippen MR) is 123 cm³/mol. The van der Waals surface area contributed by atoms with Gasteiger partial charge >= 0.3 is 0 Å². The number of hydrogen-bond donors (Lipinski definition) is 2. The first-order valence-electron chi connectivity index (χ1n) is 10.2. The highest BCUT2D eigenvalue weighted by atomic mass is 35.5. The summed E-state index contributed by atoms with van der Waals surface area (Å²) in [5, 5.41) is 3.80. The fraction of sp³-hybridized carbons (Fsp3) is 0.381. The Kier molecular flexibility index (Phi) is 5.02. The molecule has 1 saturated carbocycles. The van der Waals surface area contributed by atoms with Crippen LogP contribution in [0.3, 0.4) is 0 Å². The first-order chi connectivity index (χ1) is 14.9. The van der Waals surface area contributed by atoms with Crippen LogP contribution in [0.2, 0.25) is 5.28 Å². The molecule has 3 aromatic heterocycles. The molecule has 5 rings (SSSR count). The second-order valence-electron chi connectivity index (χ2n) is 8.12. The number of halogens is 1. The number of carbonyl (C=O) groups excluding carboxylic acids is 1. The van der Waals surface area contributed by atoms with Gasteiger partial charge in [0.25, 0.3) is 0 Å². The number of aryl methyl sites for hydroxylation is 2. The van der Waals surface area contributed by atoms with Crippen LogP contribution >= 0.6 is 22.9 Å². The number of rotatable bonds is 3. The van der Waals surface area contributed by atoms with Crippen molar-refractivity contribution in [3.8, 4) is 0 Å². The third-order valence-corrected chi connectivity index (χ3v) is 7.22. The minimum atomic E-state index is -0.0372. The average Bonchev–Trinajstić information content (AvgIpc) is 3.32. The molecule has 1 amide bonds. The Morgan fingerprint density at radius 2 is 1.90 bits per heavy atom. The summed E-state index contributed by atoms with van der Waals surface area (Å²) < 4.78 is 3.10. The molecule has 10 heteroatoms. The zero-order valence-electron chi connectivity index (χ0n) is 17.2. The topological polar surface area (TPSA) is 112 Å². The van der Waals surface area contributed by atoms with Crippen molar-refractivity contribution < 1.29 is 4.79 Å². The summed E-state index contributed by atoms with van der Waals surface area (Å²) in [5.74, 6) is 0.281. The fourth-order valence-electron chi connectivity index (χ4n) is 4.24. The number of amides is 1. The second-order valence-corrected chi connectivity index (χ2v) is 9.49. The number of benzene rings is 1. The highest BCUT2D eigenvalue weighted by molar-refractivity contribution is 7.22. The lowest BCUT2D eigenvalue weighted by atomic mass is 9.85. The Morgan fingerprint density at radius 3 is 2.68 bits per heavy atom. The molecule has 4 aromatic rings. The van der Waals surface area contributed by atoms with Gasteiger partial charge in [-0.3, -0.25) is 4.79 Å². The molecule has 3 N–H and O–H groups in total. The van der Waals surface area contributed by atoms with Gasteiger partial charge in [-0.1, -0.05) is 11.3 Å². The van der Waals surface area contributed by atoms with Crippen molar-refractivity contribution in [2.24, 2.45) is 5.92 Å². The third-order valence-electron chi connectivity index (χ3n) is 6.12. The number of hydrogen-bond acceptors (Lipinski definition) is 7. The van der Waals surface area contributed by atoms with E-state index in [1.54, 1.807) is 6.33 Å². The summed E-state index contributed by atoms with van der Waals surface area (Å²) in [6.45, 7) is 4.16. The molecule has 3 heterocycles. The largest absolute Gasteiger partial charge is 0.382 e. The molecule has 0 spiro atoms. The van der Waals surface area contributed by atoms with Crippen molar-refractivity contribution in [2.45, 2.75) is 45.6 Å². The molecule has 31 heavy (non-hydrogen) atoms. The van der Waals surface area contributed by atoms with Crippen molar-refractivity contribution in [2.75, 3.05) is 11.1 Å². The van der Waals surface area contributed by atoms with Gasteiger partial charge in [-0.05, 0) is 74.4 Å². The smallest absolute Gasteiger partial charge is 0.229 e. The molecule has 0 atom stereocenters. The Bertz CT molecular complexity index is 1270. The van der Waals surface area contributed by atoms with E-state index in [-0.39, 0.29) is 29.0 Å². The van der Waals surface area contributed by atoms with Crippen LogP contribution in [0.15, 0.2) is 18.5 Å². The van der Waals surface area contributed by atoms with Crippen LogP contribution in [-0.2, 0) is 4.79 Å². The Labute approximate surface area is 187 Å². The van der Waals surface area contributed by atoms with Gasteiger partial charge < -0.3 is 15.6 Å². The van der Waals surface area contributed by atoms with Gasteiger partial charge in [0.15, 0.2) is 16.6 Å². The molecule has 1 aromatic carbocycles. The quantitative estimate of drug-likeness (QED) is 0.434. The molecule has 0 radical (unpaired) electrons. The minimum absolute atomic E-state index is 0.0372. The first-order valence-corrected chi connectivity index (χ1v) is 11.4. The van der Waals surface area contributed by atoms with Gasteiger partial charge in [0, 0.05) is 12.0 Å². The highest BCUT2D eigenvalue weighted by Crippen LogP contribution is 2.36. The molecule has 0 aliphatic heterocycles. The summed E-state index contributed by atoms with van der Waals surface area (Å²) in [6, 6.07) is 4.40. The lowest BCUT2D eigenvalue weighted by Gasteiger charge is -2.28. The number of imidazole rings is 1. The van der Waals surface area contributed by atoms with Crippen LogP contribution in [0.5, 0.6) is 0 Å². The minimum Gasteiger partial charge on any atom is -0.382 e. The number of nitrogen functional groups attached to an aromatic ring is 1. The summed E-state index contributed by atoms with van der Waals surface area (Å²) in [7, 11) is 0. The van der Waals surface area contributed by atoms with E-state index >= 15 is 0 Å². The molecule has 0 bridgehead atoms. The van der Waals surface area contributed by atoms with Crippen molar-refractivity contribution in [3.63, 3.8) is 0 Å². The third kappa shape index (κ3) is 3.72. The van der Waals surface area contributed by atoms with Gasteiger partial charge in [-0.25, -0.2) is 9.97 Å². The van der Waals surface area contributed by atoms with E-state index in [2.05, 4.69) is 51.2 Å². The summed E-state index contributed by atoms with van der Waals surface area (Å²) in [6.07, 6.45) is 5.01. The number of nitrogens with two attached hydrogens (primary N) is 1. The fourth-order valence-corrected chi connectivity index (χ4v) is 5.35. The number of nitrogens with zero attached hydrogens (tertiary/aromatic N) is 5. The van der Waals surface area contributed by atoms with Crippen LogP contribution in [0.4, 0.5) is 10.9 Å². The number of aromatic nitrogens is 5. The SMILES string of the molecule is Cc1cc2nc(NC(=O)[C@H]3CC[C@@H](n4cnc5c(N)nc(Cl)nc54)CC3)sc2cc1C. The molecule has 0 unspecified atom stereocenters. The predicted octanol–water partition coefficient (Wildman–Crippen LogP) is 4.66. The van der Waals surface area contributed by atoms with Crippen molar-refractivity contribution in [3.05, 3.63) is 34.9 Å². The number of anilines is 2. The normalized spacial score (nSPS) is 19.2. The molecule has 1 fully saturated rings. The molecular formula is C21H22ClN7OS. The number of fused-ring (bicyclic) bond motifs is 2. The monoisotopic (exact) mass is 455 g/mol. The Hall–Kier alpha value is -2.78. The summed E-state index contributed by atoms with van der Waals surface area (Å²) >= 11 is 7.50. The van der Waals surface area contributed by atoms with E-state index in [9.17, 15) is 4.79 Å². The molecule has 0 saturated heterocycles. The van der Waals surface area contributed by atoms with Gasteiger partial charge in [0.05, 0.1) is 16.5 Å². The van der Waals surface area contributed by atoms with E-state index in [1.807, 2.05) is 4.57 Å². The molecular weight excluding hydrogens is 434 g/mol. The number of nitrogens with one attached hydrogen (secondary N) is 1. The summed E-state index contributed by atoms with van der Waals surface area (Å²) in [4.78, 5) is 30.1. The van der Waals surface area contributed by atoms with Crippen molar-refractivity contribution >= 4 is 61.2 Å². The maximum atomic E-state index is 12.9. The molecule has 8 nitrogen and oxygen atoms in total. The van der Waals surface area contributed by atoms with Crippen molar-refractivity contribution in [1.29, 1.82) is 0 Å². The van der Waals surface area contributed by atoms with E-state index in [4.69, 9.17) is 17.3 Å². The average molecular weight is 456 g/mol. The first kappa shape index (κ1) is 20.1. The van der Waals surface area contributed by atoms with E-state index < -0.39 is 0 Å². The Balaban J connectivity index is 1.27. The van der Waals surface area contributed by atoms with Crippen LogP contribution in [-0.4, -0.2) is 30.4 Å². The van der Waals surface area contributed by atoms with E-state index in [1.165, 1.54) is 22.5 Å². The van der Waals surface area contributed by atoms with Crippen molar-refractivity contribution in [1.82, 2.24) is 24.5 Å². The van der Waals surface area contributed by atoms with Gasteiger partial charge in [-0.15, -0.1) is 0 Å². The standard InChI is InChI=1S/C21H22ClN7OS/c1-10-7-14-15(8-11(10)2)31-21(25-14)28-19(30)12-3-5-13(6-4-12)29-9-24-16-17(23)26-20(22)27-18(16)29/h7-9,12-13H,3-6H2,1-2H3,(H2,23,26,27)(H,25,28,30)/t12-,13+. The lowest BCUT2D eigenvalue weighted by molar-refractivity contribution is -0.120. The van der Waals surface area contributed by atoms with E-state index in [0.717, 1.165) is 35.9 Å². The van der Waals surface area contributed by atoms with Crippen LogP contribution in [0.25, 0.3) is 21.4 Å². The van der Waals surface area contributed by atoms with Gasteiger partial charge in [-0.2, -0.15) is 9.97 Å². The molecule has 160 valence electrons. The van der Waals surface area contributed by atoms with Crippen LogP contribution in [0, 0.1) is 19.8 Å². The number of thiazole rings is 1. The zero-order chi connectivity index (χ0) is 21.7. The van der Waals surface area contributed by atoms with Crippen LogP contribution in [0.1, 0.15) is 42.9 Å². The molecule has 1 aliphatic carbocycles. The second kappa shape index (κ2) is 7.72. The maximum Gasteiger partial charge on any atom is 0.229 e. The van der Waals surface area contributed by atoms with E-state index in [0.29, 0.717) is 16.3 Å². The lowest BCUT2D eigenvalue weighted by Crippen LogP contribution is -2.28. The highest BCUT2D eigenvalue weighted by Gasteiger charge is 2.29. The molecule has 1 aliphatic rings.